The van der Waals surface area contributed by atoms with E-state index in [1.54, 1.807) is 0 Å². The Morgan fingerprint density at radius 1 is 1.04 bits per heavy atom. The highest BCUT2D eigenvalue weighted by atomic mass is 35.5. The van der Waals surface area contributed by atoms with Crippen molar-refractivity contribution in [3.8, 4) is 17.0 Å². The van der Waals surface area contributed by atoms with Crippen LogP contribution in [0.3, 0.4) is 0 Å². The number of halogens is 2. The molecule has 0 atom stereocenters. The third-order valence-electron chi connectivity index (χ3n) is 2.93. The first-order valence-electron chi connectivity index (χ1n) is 6.76. The number of ether oxygens (including phenoxy) is 1. The normalized spacial score (nSPS) is 12.0. The molecular weight excluding hydrogens is 427 g/mol. The molecule has 0 aliphatic heterocycles. The van der Waals surface area contributed by atoms with Crippen molar-refractivity contribution in [1.29, 1.82) is 0 Å². The van der Waals surface area contributed by atoms with Gasteiger partial charge in [-0.25, -0.2) is 26.8 Å². The molecule has 140 valence electrons. The topological polar surface area (TPSA) is 120 Å². The van der Waals surface area contributed by atoms with Gasteiger partial charge in [0.05, 0.1) is 5.02 Å². The lowest BCUT2D eigenvalue weighted by molar-refractivity contribution is -0.132. The Labute approximate surface area is 160 Å². The monoisotopic (exact) mass is 438 g/mol. The van der Waals surface area contributed by atoms with Crippen LogP contribution in [-0.4, -0.2) is 45.3 Å². The zero-order valence-corrected chi connectivity index (χ0v) is 16.8. The Hall–Kier alpha value is -1.75. The summed E-state index contributed by atoms with van der Waals surface area (Å²) >= 11 is 12.0. The van der Waals surface area contributed by atoms with Crippen molar-refractivity contribution in [3.63, 3.8) is 0 Å². The number of carbonyl (C=O) groups excluding carboxylic acids is 1. The van der Waals surface area contributed by atoms with Gasteiger partial charge in [-0.15, -0.1) is 0 Å². The summed E-state index contributed by atoms with van der Waals surface area (Å²) in [5.41, 5.74) is -0.151. The average Bonchev–Trinajstić information content (AvgIpc) is 2.45. The first-order valence-corrected chi connectivity index (χ1v) is 11.3. The molecular formula is C14H12Cl2N2O6S2. The smallest absolute Gasteiger partial charge is 0.308 e. The van der Waals surface area contributed by atoms with Gasteiger partial charge in [0, 0.05) is 30.0 Å². The molecule has 0 amide bonds. The third-order valence-corrected chi connectivity index (χ3v) is 5.30. The van der Waals surface area contributed by atoms with Crippen molar-refractivity contribution >= 4 is 48.8 Å². The van der Waals surface area contributed by atoms with Crippen molar-refractivity contribution in [2.75, 3.05) is 12.5 Å². The van der Waals surface area contributed by atoms with Crippen molar-refractivity contribution in [1.82, 2.24) is 9.97 Å². The highest BCUT2D eigenvalue weighted by Gasteiger charge is 2.29. The van der Waals surface area contributed by atoms with Gasteiger partial charge in [-0.05, 0) is 18.2 Å². The maximum Gasteiger partial charge on any atom is 0.308 e. The van der Waals surface area contributed by atoms with Gasteiger partial charge in [0.2, 0.25) is 20.0 Å². The lowest BCUT2D eigenvalue weighted by Crippen LogP contribution is -2.15. The van der Waals surface area contributed by atoms with Crippen LogP contribution in [0, 0.1) is 0 Å². The Balaban J connectivity index is 3.02. The quantitative estimate of drug-likeness (QED) is 0.404. The van der Waals surface area contributed by atoms with E-state index >= 15 is 0 Å². The maximum atomic E-state index is 12.1. The molecule has 0 radical (unpaired) electrons. The minimum Gasteiger partial charge on any atom is -0.421 e. The van der Waals surface area contributed by atoms with Crippen molar-refractivity contribution in [2.24, 2.45) is 0 Å². The molecule has 0 fully saturated rings. The van der Waals surface area contributed by atoms with Crippen LogP contribution in [0.2, 0.25) is 10.0 Å². The fourth-order valence-electron chi connectivity index (χ4n) is 1.93. The van der Waals surface area contributed by atoms with Gasteiger partial charge in [0.1, 0.15) is 5.69 Å². The second kappa shape index (κ2) is 7.10. The third kappa shape index (κ3) is 4.50. The lowest BCUT2D eigenvalue weighted by Gasteiger charge is -2.14. The number of nitrogens with zero attached hydrogens (tertiary/aromatic N) is 2. The van der Waals surface area contributed by atoms with Crippen molar-refractivity contribution in [3.05, 3.63) is 28.2 Å². The minimum absolute atomic E-state index is 0.0449. The number of carbonyl (C=O) groups is 1. The first-order chi connectivity index (χ1) is 11.8. The van der Waals surface area contributed by atoms with Crippen LogP contribution in [-0.2, 0) is 24.5 Å². The largest absolute Gasteiger partial charge is 0.421 e. The zero-order chi connectivity index (χ0) is 19.9. The Bertz CT molecular complexity index is 1110. The van der Waals surface area contributed by atoms with E-state index < -0.39 is 41.6 Å². The summed E-state index contributed by atoms with van der Waals surface area (Å²) < 4.78 is 53.0. The summed E-state index contributed by atoms with van der Waals surface area (Å²) in [6.45, 7) is 1.05. The summed E-state index contributed by atoms with van der Waals surface area (Å²) in [7, 11) is -8.05. The molecule has 0 N–H and O–H groups in total. The summed E-state index contributed by atoms with van der Waals surface area (Å²) in [6, 6.07) is 4.17. The van der Waals surface area contributed by atoms with Crippen molar-refractivity contribution in [2.45, 2.75) is 17.1 Å². The minimum atomic E-state index is -4.08. The molecule has 0 saturated heterocycles. The highest BCUT2D eigenvalue weighted by Crippen LogP contribution is 2.38. The van der Waals surface area contributed by atoms with E-state index in [0.717, 1.165) is 19.4 Å². The number of aromatic nitrogens is 2. The predicted octanol–water partition coefficient (Wildman–Crippen LogP) is 2.18. The van der Waals surface area contributed by atoms with Gasteiger partial charge >= 0.3 is 5.97 Å². The van der Waals surface area contributed by atoms with Crippen LogP contribution in [0.4, 0.5) is 0 Å². The van der Waals surface area contributed by atoms with Crippen LogP contribution in [0.25, 0.3) is 11.3 Å². The molecule has 0 spiro atoms. The molecule has 0 aliphatic carbocycles. The van der Waals surface area contributed by atoms with E-state index in [9.17, 15) is 21.6 Å². The first kappa shape index (κ1) is 20.6. The molecule has 12 heteroatoms. The van der Waals surface area contributed by atoms with E-state index in [1.165, 1.54) is 18.2 Å². The van der Waals surface area contributed by atoms with Crippen LogP contribution in [0.15, 0.2) is 28.4 Å². The standard InChI is InChI=1S/C14H12Cl2N2O6S2/c1-7(19)24-12-11(9-5-4-8(15)6-10(9)16)17-14(26(3,22)23)18-13(12)25(2,20)21/h4-6H,1-3H3. The van der Waals surface area contributed by atoms with E-state index in [-0.39, 0.29) is 21.3 Å². The Morgan fingerprint density at radius 3 is 2.12 bits per heavy atom. The lowest BCUT2D eigenvalue weighted by atomic mass is 10.1. The predicted molar refractivity (Wildman–Crippen MR) is 95.0 cm³/mol. The molecule has 0 aliphatic rings. The molecule has 0 saturated carbocycles. The highest BCUT2D eigenvalue weighted by molar-refractivity contribution is 7.91. The van der Waals surface area contributed by atoms with Gasteiger partial charge in [-0.1, -0.05) is 23.2 Å². The number of rotatable bonds is 4. The number of hydrogen-bond donors (Lipinski definition) is 0. The molecule has 8 nitrogen and oxygen atoms in total. The zero-order valence-electron chi connectivity index (χ0n) is 13.6. The van der Waals surface area contributed by atoms with Crippen LogP contribution in [0.5, 0.6) is 5.75 Å². The van der Waals surface area contributed by atoms with Crippen LogP contribution >= 0.6 is 23.2 Å². The van der Waals surface area contributed by atoms with Gasteiger partial charge in [-0.2, -0.15) is 0 Å². The van der Waals surface area contributed by atoms with Gasteiger partial charge in [-0.3, -0.25) is 4.79 Å². The van der Waals surface area contributed by atoms with Crippen molar-refractivity contribution < 1.29 is 26.4 Å². The van der Waals surface area contributed by atoms with Gasteiger partial charge in [0.15, 0.2) is 15.6 Å². The van der Waals surface area contributed by atoms with E-state index in [1.807, 2.05) is 0 Å². The van der Waals surface area contributed by atoms with Crippen LogP contribution in [0.1, 0.15) is 6.92 Å². The summed E-state index contributed by atoms with van der Waals surface area (Å²) in [5.74, 6) is -1.37. The van der Waals surface area contributed by atoms with E-state index in [0.29, 0.717) is 0 Å². The number of esters is 1. The molecule has 1 heterocycles. The van der Waals surface area contributed by atoms with Gasteiger partial charge in [0.25, 0.3) is 0 Å². The Kier molecular flexibility index (Phi) is 5.62. The molecule has 2 rings (SSSR count). The number of benzene rings is 1. The summed E-state index contributed by atoms with van der Waals surface area (Å²) in [6.07, 6.45) is 1.61. The summed E-state index contributed by atoms with van der Waals surface area (Å²) in [4.78, 5) is 18.9. The second-order valence-corrected chi connectivity index (χ2v) is 9.94. The van der Waals surface area contributed by atoms with Crippen LogP contribution < -0.4 is 4.74 Å². The number of hydrogen-bond acceptors (Lipinski definition) is 8. The molecule has 1 aromatic carbocycles. The SMILES string of the molecule is CC(=O)Oc1c(-c2ccc(Cl)cc2Cl)nc(S(C)(=O)=O)nc1S(C)(=O)=O. The second-order valence-electron chi connectivity index (χ2n) is 5.25. The number of sulfone groups is 2. The van der Waals surface area contributed by atoms with E-state index in [4.69, 9.17) is 27.9 Å². The fourth-order valence-corrected chi connectivity index (χ4v) is 3.72. The molecule has 2 aromatic rings. The molecule has 0 bridgehead atoms. The van der Waals surface area contributed by atoms with Gasteiger partial charge < -0.3 is 4.74 Å². The molecule has 1 aromatic heterocycles. The Morgan fingerprint density at radius 2 is 1.65 bits per heavy atom. The van der Waals surface area contributed by atoms with E-state index in [2.05, 4.69) is 9.97 Å². The molecule has 0 unspecified atom stereocenters. The fraction of sp³-hybridized carbons (Fsp3) is 0.214. The average molecular weight is 439 g/mol. The summed E-state index contributed by atoms with van der Waals surface area (Å²) in [5, 5.41) is -1.17. The molecule has 26 heavy (non-hydrogen) atoms. The maximum absolute atomic E-state index is 12.1.